The van der Waals surface area contributed by atoms with E-state index in [0.717, 1.165) is 25.9 Å². The Labute approximate surface area is 139 Å². The lowest BCUT2D eigenvalue weighted by atomic mass is 10.00. The van der Waals surface area contributed by atoms with Crippen LogP contribution < -0.4 is 5.32 Å². The Hall–Kier alpha value is -0.850. The van der Waals surface area contributed by atoms with Gasteiger partial charge in [-0.25, -0.2) is 4.79 Å². The molecule has 2 aliphatic rings. The zero-order valence-electron chi connectivity index (χ0n) is 15.1. The van der Waals surface area contributed by atoms with E-state index in [9.17, 15) is 4.79 Å². The number of nitrogens with one attached hydrogen (secondary N) is 1. The second-order valence-corrected chi connectivity index (χ2v) is 7.55. The minimum absolute atomic E-state index is 0.00504. The molecule has 3 unspecified atom stereocenters. The van der Waals surface area contributed by atoms with Gasteiger partial charge in [-0.05, 0) is 40.0 Å². The van der Waals surface area contributed by atoms with Crippen LogP contribution in [0.2, 0.25) is 0 Å². The Balaban J connectivity index is 1.90. The second kappa shape index (κ2) is 7.81. The molecule has 2 saturated heterocycles. The molecule has 0 bridgehead atoms. The smallest absolute Gasteiger partial charge is 0.410 e. The van der Waals surface area contributed by atoms with Gasteiger partial charge >= 0.3 is 6.09 Å². The third kappa shape index (κ3) is 5.33. The van der Waals surface area contributed by atoms with E-state index in [2.05, 4.69) is 12.2 Å². The van der Waals surface area contributed by atoms with Gasteiger partial charge in [-0.15, -0.1) is 0 Å². The fraction of sp³-hybridized carbons (Fsp3) is 0.941. The Morgan fingerprint density at radius 1 is 1.35 bits per heavy atom. The van der Waals surface area contributed by atoms with Crippen LogP contribution in [-0.2, 0) is 14.2 Å². The maximum absolute atomic E-state index is 12.3. The van der Waals surface area contributed by atoms with Crippen LogP contribution in [0.5, 0.6) is 0 Å². The molecule has 0 radical (unpaired) electrons. The van der Waals surface area contributed by atoms with Gasteiger partial charge in [0.1, 0.15) is 5.60 Å². The highest BCUT2D eigenvalue weighted by atomic mass is 16.6. The summed E-state index contributed by atoms with van der Waals surface area (Å²) >= 11 is 0. The van der Waals surface area contributed by atoms with E-state index in [0.29, 0.717) is 25.2 Å². The molecule has 0 aromatic rings. The normalized spacial score (nSPS) is 32.1. The number of nitrogens with zero attached hydrogens (tertiary/aromatic N) is 1. The van der Waals surface area contributed by atoms with Crippen molar-refractivity contribution in [3.8, 4) is 0 Å². The van der Waals surface area contributed by atoms with Crippen molar-refractivity contribution >= 4 is 6.09 Å². The van der Waals surface area contributed by atoms with Crippen molar-refractivity contribution in [1.82, 2.24) is 10.2 Å². The highest BCUT2D eigenvalue weighted by Crippen LogP contribution is 2.21. The monoisotopic (exact) mass is 328 g/mol. The molecule has 2 aliphatic heterocycles. The molecule has 1 N–H and O–H groups in total. The number of carbonyl (C=O) groups excluding carboxylic acids is 1. The molecule has 1 amide bonds. The van der Waals surface area contributed by atoms with Crippen LogP contribution >= 0.6 is 0 Å². The van der Waals surface area contributed by atoms with Crippen molar-refractivity contribution < 1.29 is 19.0 Å². The summed E-state index contributed by atoms with van der Waals surface area (Å²) in [6, 6.07) is 0.572. The molecular weight excluding hydrogens is 296 g/mol. The summed E-state index contributed by atoms with van der Waals surface area (Å²) in [7, 11) is 1.71. The van der Waals surface area contributed by atoms with Gasteiger partial charge < -0.3 is 24.4 Å². The van der Waals surface area contributed by atoms with E-state index < -0.39 is 5.60 Å². The van der Waals surface area contributed by atoms with E-state index in [1.165, 1.54) is 0 Å². The summed E-state index contributed by atoms with van der Waals surface area (Å²) in [5.74, 6) is 0. The average Bonchev–Trinajstić information content (AvgIpc) is 2.89. The molecule has 2 heterocycles. The van der Waals surface area contributed by atoms with Crippen LogP contribution in [0.4, 0.5) is 4.79 Å². The number of amides is 1. The minimum atomic E-state index is -0.472. The highest BCUT2D eigenvalue weighted by Gasteiger charge is 2.38. The Morgan fingerprint density at radius 2 is 2.09 bits per heavy atom. The molecule has 6 nitrogen and oxygen atoms in total. The Kier molecular flexibility index (Phi) is 6.28. The number of likely N-dealkylation sites (tertiary alicyclic amines) is 1. The van der Waals surface area contributed by atoms with E-state index in [-0.39, 0.29) is 18.2 Å². The average molecular weight is 328 g/mol. The molecular formula is C17H32N2O4. The Bertz CT molecular complexity index is 397. The Morgan fingerprint density at radius 3 is 2.70 bits per heavy atom. The van der Waals surface area contributed by atoms with Crippen LogP contribution in [0.3, 0.4) is 0 Å². The minimum Gasteiger partial charge on any atom is -0.444 e. The van der Waals surface area contributed by atoms with E-state index in [1.54, 1.807) is 12.0 Å². The standard InChI is InChI=1S/C17H32N2O4/c1-6-13-9-12(7-8-22-13)18-14-10-19(11-15(14)21-5)16(20)23-17(2,3)4/h12-15,18H,6-11H2,1-5H3/t12?,13?,14?,15-/m0/s1. The quantitative estimate of drug-likeness (QED) is 0.857. The van der Waals surface area contributed by atoms with Gasteiger partial charge in [0.2, 0.25) is 0 Å². The molecule has 6 heteroatoms. The first kappa shape index (κ1) is 18.5. The number of hydrogen-bond donors (Lipinski definition) is 1. The number of carbonyl (C=O) groups is 1. The molecule has 2 fully saturated rings. The zero-order chi connectivity index (χ0) is 17.0. The van der Waals surface area contributed by atoms with Crippen LogP contribution in [0.25, 0.3) is 0 Å². The van der Waals surface area contributed by atoms with Crippen molar-refractivity contribution in [2.45, 2.75) is 76.9 Å². The molecule has 134 valence electrons. The maximum atomic E-state index is 12.3. The summed E-state index contributed by atoms with van der Waals surface area (Å²) < 4.78 is 16.8. The molecule has 0 spiro atoms. The number of methoxy groups -OCH3 is 1. The molecule has 0 aromatic carbocycles. The summed E-state index contributed by atoms with van der Waals surface area (Å²) in [6.07, 6.45) is 3.16. The summed E-state index contributed by atoms with van der Waals surface area (Å²) in [5.41, 5.74) is -0.472. The first-order chi connectivity index (χ1) is 10.8. The lowest BCUT2D eigenvalue weighted by Crippen LogP contribution is -2.49. The van der Waals surface area contributed by atoms with Crippen molar-refractivity contribution in [3.63, 3.8) is 0 Å². The fourth-order valence-electron chi connectivity index (χ4n) is 3.27. The predicted octanol–water partition coefficient (Wildman–Crippen LogP) is 2.17. The molecule has 0 saturated carbocycles. The topological polar surface area (TPSA) is 60.0 Å². The van der Waals surface area contributed by atoms with Gasteiger partial charge in [-0.3, -0.25) is 0 Å². The third-order valence-corrected chi connectivity index (χ3v) is 4.49. The lowest BCUT2D eigenvalue weighted by molar-refractivity contribution is -0.00591. The summed E-state index contributed by atoms with van der Waals surface area (Å²) in [5, 5.41) is 3.68. The van der Waals surface area contributed by atoms with E-state index in [4.69, 9.17) is 14.2 Å². The van der Waals surface area contributed by atoms with Gasteiger partial charge in [0, 0.05) is 26.3 Å². The summed E-state index contributed by atoms with van der Waals surface area (Å²) in [6.45, 7) is 9.82. The first-order valence-corrected chi connectivity index (χ1v) is 8.70. The van der Waals surface area contributed by atoms with Crippen molar-refractivity contribution in [1.29, 1.82) is 0 Å². The SMILES string of the molecule is CCC1CC(NC2CN(C(=O)OC(C)(C)C)C[C@@H]2OC)CCO1. The van der Waals surface area contributed by atoms with Crippen molar-refractivity contribution in [3.05, 3.63) is 0 Å². The highest BCUT2D eigenvalue weighted by molar-refractivity contribution is 5.68. The van der Waals surface area contributed by atoms with Crippen LogP contribution in [-0.4, -0.2) is 67.7 Å². The van der Waals surface area contributed by atoms with E-state index >= 15 is 0 Å². The van der Waals surface area contributed by atoms with Crippen molar-refractivity contribution in [2.24, 2.45) is 0 Å². The lowest BCUT2D eigenvalue weighted by Gasteiger charge is -2.32. The number of ether oxygens (including phenoxy) is 3. The predicted molar refractivity (Wildman–Crippen MR) is 88.6 cm³/mol. The largest absolute Gasteiger partial charge is 0.444 e. The molecule has 0 aromatic heterocycles. The zero-order valence-corrected chi connectivity index (χ0v) is 15.1. The number of rotatable bonds is 4. The van der Waals surface area contributed by atoms with Gasteiger partial charge in [0.15, 0.2) is 0 Å². The van der Waals surface area contributed by atoms with Gasteiger partial charge in [0.25, 0.3) is 0 Å². The van der Waals surface area contributed by atoms with Crippen LogP contribution in [0.1, 0.15) is 47.0 Å². The van der Waals surface area contributed by atoms with Gasteiger partial charge in [-0.1, -0.05) is 6.92 Å². The van der Waals surface area contributed by atoms with Crippen LogP contribution in [0, 0.1) is 0 Å². The van der Waals surface area contributed by atoms with Gasteiger partial charge in [-0.2, -0.15) is 0 Å². The molecule has 2 rings (SSSR count). The third-order valence-electron chi connectivity index (χ3n) is 4.49. The molecule has 4 atom stereocenters. The van der Waals surface area contributed by atoms with Crippen molar-refractivity contribution in [2.75, 3.05) is 26.8 Å². The first-order valence-electron chi connectivity index (χ1n) is 8.70. The van der Waals surface area contributed by atoms with Gasteiger partial charge in [0.05, 0.1) is 24.8 Å². The number of hydrogen-bond acceptors (Lipinski definition) is 5. The fourth-order valence-corrected chi connectivity index (χ4v) is 3.27. The maximum Gasteiger partial charge on any atom is 0.410 e. The summed E-state index contributed by atoms with van der Waals surface area (Å²) in [4.78, 5) is 14.0. The molecule has 0 aliphatic carbocycles. The second-order valence-electron chi connectivity index (χ2n) is 7.55. The molecule has 23 heavy (non-hydrogen) atoms. The van der Waals surface area contributed by atoms with E-state index in [1.807, 2.05) is 20.8 Å². The van der Waals surface area contributed by atoms with Crippen LogP contribution in [0.15, 0.2) is 0 Å².